The van der Waals surface area contributed by atoms with Crippen LogP contribution in [-0.4, -0.2) is 121 Å². The highest BCUT2D eigenvalue weighted by atomic mass is 19.1. The van der Waals surface area contributed by atoms with Gasteiger partial charge in [0.1, 0.15) is 12.2 Å². The third-order valence-electron chi connectivity index (χ3n) is 9.70. The molecule has 204 valence electrons. The van der Waals surface area contributed by atoms with E-state index in [0.717, 1.165) is 71.5 Å². The average molecular weight is 507 g/mol. The van der Waals surface area contributed by atoms with Gasteiger partial charge in [0.05, 0.1) is 6.17 Å². The Balaban J connectivity index is 1.09. The quantitative estimate of drug-likeness (QED) is 0.568. The van der Waals surface area contributed by atoms with Gasteiger partial charge in [0.2, 0.25) is 11.8 Å². The van der Waals surface area contributed by atoms with Crippen molar-refractivity contribution in [2.75, 3.05) is 59.4 Å². The van der Waals surface area contributed by atoms with Crippen molar-refractivity contribution in [1.29, 1.82) is 0 Å². The molecule has 0 aromatic carbocycles. The molecule has 0 aromatic heterocycles. The molecule has 9 heteroatoms. The molecule has 0 radical (unpaired) electrons. The van der Waals surface area contributed by atoms with Crippen LogP contribution in [0, 0.1) is 5.92 Å². The molecule has 4 unspecified atom stereocenters. The van der Waals surface area contributed by atoms with Gasteiger partial charge in [0.25, 0.3) is 0 Å². The van der Waals surface area contributed by atoms with Gasteiger partial charge in [0.15, 0.2) is 0 Å². The maximum atomic E-state index is 13.6. The molecule has 8 nitrogen and oxygen atoms in total. The number of nitrogens with one attached hydrogen (secondary N) is 2. The molecule has 0 bridgehead atoms. The minimum Gasteiger partial charge on any atom is -0.353 e. The highest BCUT2D eigenvalue weighted by molar-refractivity contribution is 5.83. The molecule has 4 aliphatic heterocycles. The van der Waals surface area contributed by atoms with Crippen LogP contribution in [-0.2, 0) is 9.59 Å². The number of piperidine rings is 1. The Morgan fingerprint density at radius 1 is 1.00 bits per heavy atom. The largest absolute Gasteiger partial charge is 0.353 e. The molecule has 5 fully saturated rings. The van der Waals surface area contributed by atoms with E-state index in [1.165, 1.54) is 19.3 Å². The first-order valence-electron chi connectivity index (χ1n) is 14.6. The second-order valence-corrected chi connectivity index (χ2v) is 11.9. The van der Waals surface area contributed by atoms with E-state index in [0.29, 0.717) is 37.9 Å². The zero-order valence-electron chi connectivity index (χ0n) is 22.2. The number of hydrogen-bond acceptors (Lipinski definition) is 6. The molecule has 0 aromatic rings. The molecule has 2 amide bonds. The van der Waals surface area contributed by atoms with E-state index < -0.39 is 6.17 Å². The van der Waals surface area contributed by atoms with Crippen molar-refractivity contribution in [3.8, 4) is 0 Å². The van der Waals surface area contributed by atoms with Crippen LogP contribution in [0.3, 0.4) is 0 Å². The molecule has 0 spiro atoms. The Morgan fingerprint density at radius 3 is 2.50 bits per heavy atom. The summed E-state index contributed by atoms with van der Waals surface area (Å²) in [6.07, 6.45) is 9.13. The van der Waals surface area contributed by atoms with Gasteiger partial charge in [-0.3, -0.25) is 24.3 Å². The lowest BCUT2D eigenvalue weighted by molar-refractivity contribution is -0.134. The summed E-state index contributed by atoms with van der Waals surface area (Å²) in [5.41, 5.74) is 0. The summed E-state index contributed by atoms with van der Waals surface area (Å²) in [6.45, 7) is 7.09. The topological polar surface area (TPSA) is 71.2 Å². The van der Waals surface area contributed by atoms with Gasteiger partial charge in [-0.1, -0.05) is 0 Å². The normalized spacial score (nSPS) is 37.4. The lowest BCUT2D eigenvalue weighted by Gasteiger charge is -2.41. The number of carbonyl (C=O) groups excluding carboxylic acids is 2. The number of piperazine rings is 1. The smallest absolute Gasteiger partial charge is 0.239 e. The van der Waals surface area contributed by atoms with Gasteiger partial charge in [-0.05, 0) is 77.3 Å². The first-order chi connectivity index (χ1) is 17.5. The molecule has 5 rings (SSSR count). The number of nitrogens with zero attached hydrogens (tertiary/aromatic N) is 4. The van der Waals surface area contributed by atoms with Crippen molar-refractivity contribution in [2.45, 2.75) is 94.7 Å². The molecular weight excluding hydrogens is 459 g/mol. The number of hydrogen-bond donors (Lipinski definition) is 2. The summed E-state index contributed by atoms with van der Waals surface area (Å²) < 4.78 is 13.6. The van der Waals surface area contributed by atoms with E-state index in [1.807, 2.05) is 4.90 Å². The third kappa shape index (κ3) is 6.05. The summed E-state index contributed by atoms with van der Waals surface area (Å²) in [5, 5.41) is 6.82. The summed E-state index contributed by atoms with van der Waals surface area (Å²) in [7, 11) is 2.14. The van der Waals surface area contributed by atoms with Gasteiger partial charge in [-0.15, -0.1) is 0 Å². The van der Waals surface area contributed by atoms with Crippen LogP contribution in [0.5, 0.6) is 0 Å². The molecule has 2 N–H and O–H groups in total. The monoisotopic (exact) mass is 506 g/mol. The molecule has 1 saturated carbocycles. The fourth-order valence-corrected chi connectivity index (χ4v) is 7.37. The maximum Gasteiger partial charge on any atom is 0.239 e. The van der Waals surface area contributed by atoms with Crippen LogP contribution in [0.15, 0.2) is 0 Å². The number of amides is 2. The molecular formula is C27H47FN6O2. The highest BCUT2D eigenvalue weighted by Crippen LogP contribution is 2.32. The Labute approximate surface area is 216 Å². The molecule has 36 heavy (non-hydrogen) atoms. The second-order valence-electron chi connectivity index (χ2n) is 11.9. The van der Waals surface area contributed by atoms with Crippen molar-refractivity contribution in [3.63, 3.8) is 0 Å². The third-order valence-corrected chi connectivity index (χ3v) is 9.70. The predicted octanol–water partition coefficient (Wildman–Crippen LogP) is 1.41. The number of likely N-dealkylation sites (tertiary alicyclic amines) is 1. The number of halogens is 1. The summed E-state index contributed by atoms with van der Waals surface area (Å²) in [4.78, 5) is 35.4. The van der Waals surface area contributed by atoms with Crippen molar-refractivity contribution in [3.05, 3.63) is 0 Å². The SMILES string of the molecule is CN1C(CCC(=O)N2CCN(C3CCCCN3)CC2)CNC(=O)C2C1CCN2CC1CCC(F)CC1. The van der Waals surface area contributed by atoms with Crippen molar-refractivity contribution < 1.29 is 14.0 Å². The van der Waals surface area contributed by atoms with E-state index >= 15 is 0 Å². The second kappa shape index (κ2) is 12.0. The standard InChI is InChI=1S/C27H47FN6O2/c1-31-22(9-10-25(35)33-16-14-32(15-17-33)24-4-2-3-12-29-24)18-30-27(36)26-23(31)11-13-34(26)19-20-5-7-21(28)8-6-20/h20-24,26,29H,2-19H2,1H3,(H,30,36). The Hall–Kier alpha value is -1.29. The predicted molar refractivity (Wildman–Crippen MR) is 138 cm³/mol. The van der Waals surface area contributed by atoms with Gasteiger partial charge < -0.3 is 15.5 Å². The van der Waals surface area contributed by atoms with Crippen LogP contribution >= 0.6 is 0 Å². The molecule has 4 atom stereocenters. The first kappa shape index (κ1) is 26.3. The Kier molecular flexibility index (Phi) is 8.81. The zero-order valence-corrected chi connectivity index (χ0v) is 22.2. The molecule has 4 heterocycles. The van der Waals surface area contributed by atoms with Crippen LogP contribution in [0.4, 0.5) is 4.39 Å². The molecule has 4 saturated heterocycles. The molecule has 1 aliphatic carbocycles. The number of rotatable bonds is 6. The van der Waals surface area contributed by atoms with E-state index in [-0.39, 0.29) is 29.9 Å². The van der Waals surface area contributed by atoms with Crippen molar-refractivity contribution in [1.82, 2.24) is 30.2 Å². The highest BCUT2D eigenvalue weighted by Gasteiger charge is 2.45. The number of alkyl halides is 1. The van der Waals surface area contributed by atoms with Crippen LogP contribution in [0.2, 0.25) is 0 Å². The number of fused-ring (bicyclic) bond motifs is 1. The fraction of sp³-hybridized carbons (Fsp3) is 0.926. The zero-order chi connectivity index (χ0) is 25.1. The van der Waals surface area contributed by atoms with E-state index in [4.69, 9.17) is 0 Å². The minimum absolute atomic E-state index is 0.125. The average Bonchev–Trinajstić information content (AvgIpc) is 3.28. The van der Waals surface area contributed by atoms with Crippen molar-refractivity contribution in [2.24, 2.45) is 5.92 Å². The first-order valence-corrected chi connectivity index (χ1v) is 14.6. The maximum absolute atomic E-state index is 13.6. The fourth-order valence-electron chi connectivity index (χ4n) is 7.37. The van der Waals surface area contributed by atoms with E-state index in [1.54, 1.807) is 0 Å². The minimum atomic E-state index is -0.638. The van der Waals surface area contributed by atoms with Crippen LogP contribution in [0.25, 0.3) is 0 Å². The number of carbonyl (C=O) groups is 2. The Morgan fingerprint density at radius 2 is 1.78 bits per heavy atom. The van der Waals surface area contributed by atoms with Crippen LogP contribution < -0.4 is 10.6 Å². The number of likely N-dealkylation sites (N-methyl/N-ethyl adjacent to an activating group) is 1. The lowest BCUT2D eigenvalue weighted by Crippen LogP contribution is -2.56. The van der Waals surface area contributed by atoms with Gasteiger partial charge in [-0.2, -0.15) is 0 Å². The molecule has 5 aliphatic rings. The van der Waals surface area contributed by atoms with E-state index in [9.17, 15) is 14.0 Å². The van der Waals surface area contributed by atoms with Crippen molar-refractivity contribution >= 4 is 11.8 Å². The van der Waals surface area contributed by atoms with Gasteiger partial charge in [0, 0.05) is 64.3 Å². The summed E-state index contributed by atoms with van der Waals surface area (Å²) >= 11 is 0. The Bertz CT molecular complexity index is 749. The van der Waals surface area contributed by atoms with Gasteiger partial charge >= 0.3 is 0 Å². The summed E-state index contributed by atoms with van der Waals surface area (Å²) in [6, 6.07) is 0.250. The van der Waals surface area contributed by atoms with Gasteiger partial charge in [-0.25, -0.2) is 4.39 Å². The summed E-state index contributed by atoms with van der Waals surface area (Å²) in [5.74, 6) is 0.882. The lowest BCUT2D eigenvalue weighted by atomic mass is 9.87. The van der Waals surface area contributed by atoms with Crippen LogP contribution in [0.1, 0.15) is 64.2 Å². The van der Waals surface area contributed by atoms with E-state index in [2.05, 4.69) is 32.4 Å².